The van der Waals surface area contributed by atoms with E-state index in [1.54, 1.807) is 32.0 Å². The fraction of sp³-hybridized carbons (Fsp3) is 0.263. The summed E-state index contributed by atoms with van der Waals surface area (Å²) in [6.07, 6.45) is 1.08. The van der Waals surface area contributed by atoms with Crippen molar-refractivity contribution < 1.29 is 13.2 Å². The minimum absolute atomic E-state index is 0.339. The van der Waals surface area contributed by atoms with E-state index < -0.39 is 15.9 Å². The minimum Gasteiger partial charge on any atom is -0.271 e. The number of hydrogen-bond donors (Lipinski definition) is 1. The summed E-state index contributed by atoms with van der Waals surface area (Å²) in [4.78, 5) is 12.3. The minimum atomic E-state index is -3.61. The van der Waals surface area contributed by atoms with Crippen LogP contribution in [0.4, 0.5) is 5.69 Å². The zero-order valence-corrected chi connectivity index (χ0v) is 16.2. The van der Waals surface area contributed by atoms with Crippen LogP contribution >= 0.6 is 0 Å². The van der Waals surface area contributed by atoms with Gasteiger partial charge in [0.2, 0.25) is 10.0 Å². The zero-order chi connectivity index (χ0) is 19.3. The number of hydrogen-bond acceptors (Lipinski definition) is 4. The molecule has 0 saturated heterocycles. The maximum absolute atomic E-state index is 12.3. The summed E-state index contributed by atoms with van der Waals surface area (Å²) in [5.41, 5.74) is 6.33. The molecular weight excluding hydrogens is 350 g/mol. The van der Waals surface area contributed by atoms with E-state index in [4.69, 9.17) is 0 Å². The van der Waals surface area contributed by atoms with E-state index in [0.717, 1.165) is 27.3 Å². The lowest BCUT2D eigenvalue weighted by Gasteiger charge is -2.23. The topological polar surface area (TPSA) is 78.8 Å². The highest BCUT2D eigenvalue weighted by molar-refractivity contribution is 7.92. The third-order valence-corrected chi connectivity index (χ3v) is 5.02. The van der Waals surface area contributed by atoms with Crippen LogP contribution in [0.15, 0.2) is 53.6 Å². The first kappa shape index (κ1) is 19.7. The first-order valence-corrected chi connectivity index (χ1v) is 9.97. The van der Waals surface area contributed by atoms with E-state index in [0.29, 0.717) is 11.4 Å². The number of aryl methyl sites for hydroxylation is 2. The average molecular weight is 373 g/mol. The molecule has 0 aromatic heterocycles. The summed E-state index contributed by atoms with van der Waals surface area (Å²) >= 11 is 0. The van der Waals surface area contributed by atoms with Crippen molar-refractivity contribution in [1.29, 1.82) is 0 Å². The molecule has 2 aromatic carbocycles. The molecule has 0 unspecified atom stereocenters. The van der Waals surface area contributed by atoms with Crippen molar-refractivity contribution in [1.82, 2.24) is 5.43 Å². The van der Waals surface area contributed by atoms with Crippen LogP contribution < -0.4 is 9.73 Å². The maximum Gasteiger partial charge on any atom is 0.260 e. The summed E-state index contributed by atoms with van der Waals surface area (Å²) in [5, 5.41) is 4.07. The highest BCUT2D eigenvalue weighted by Crippen LogP contribution is 2.21. The van der Waals surface area contributed by atoms with Gasteiger partial charge < -0.3 is 0 Å². The molecular formula is C19H23N3O3S. The van der Waals surface area contributed by atoms with Crippen LogP contribution in [0.5, 0.6) is 0 Å². The van der Waals surface area contributed by atoms with Gasteiger partial charge in [0.15, 0.2) is 0 Å². The zero-order valence-electron chi connectivity index (χ0n) is 15.4. The molecule has 0 radical (unpaired) electrons. The second kappa shape index (κ2) is 8.14. The van der Waals surface area contributed by atoms with Crippen molar-refractivity contribution >= 4 is 27.3 Å². The third kappa shape index (κ3) is 5.16. The molecule has 1 N–H and O–H groups in total. The molecule has 6 nitrogen and oxygen atoms in total. The van der Waals surface area contributed by atoms with E-state index >= 15 is 0 Å². The third-order valence-electron chi connectivity index (χ3n) is 3.89. The van der Waals surface area contributed by atoms with Gasteiger partial charge in [-0.1, -0.05) is 48.0 Å². The van der Waals surface area contributed by atoms with Gasteiger partial charge in [-0.05, 0) is 38.0 Å². The van der Waals surface area contributed by atoms with Crippen molar-refractivity contribution in [2.75, 3.05) is 17.1 Å². The van der Waals surface area contributed by atoms with Gasteiger partial charge in [-0.25, -0.2) is 13.8 Å². The second-order valence-corrected chi connectivity index (χ2v) is 8.06. The number of amides is 1. The van der Waals surface area contributed by atoms with Gasteiger partial charge >= 0.3 is 0 Å². The van der Waals surface area contributed by atoms with Gasteiger partial charge in [-0.15, -0.1) is 0 Å². The number of para-hydroxylation sites is 1. The lowest BCUT2D eigenvalue weighted by atomic mass is 10.1. The van der Waals surface area contributed by atoms with Gasteiger partial charge in [0, 0.05) is 0 Å². The van der Waals surface area contributed by atoms with Gasteiger partial charge in [0.05, 0.1) is 17.7 Å². The Balaban J connectivity index is 2.14. The van der Waals surface area contributed by atoms with Crippen LogP contribution in [0.25, 0.3) is 0 Å². The number of nitrogens with one attached hydrogen (secondary N) is 1. The Morgan fingerprint density at radius 3 is 2.27 bits per heavy atom. The molecule has 1 amide bonds. The van der Waals surface area contributed by atoms with Crippen molar-refractivity contribution in [3.05, 3.63) is 65.2 Å². The van der Waals surface area contributed by atoms with Crippen LogP contribution in [0.2, 0.25) is 0 Å². The highest BCUT2D eigenvalue weighted by atomic mass is 32.2. The Bertz CT molecular complexity index is 919. The number of anilines is 1. The molecule has 0 atom stereocenters. The maximum atomic E-state index is 12.3. The lowest BCUT2D eigenvalue weighted by molar-refractivity contribution is -0.119. The molecule has 0 saturated carbocycles. The quantitative estimate of drug-likeness (QED) is 0.624. The van der Waals surface area contributed by atoms with Gasteiger partial charge in [-0.3, -0.25) is 9.10 Å². The molecule has 138 valence electrons. The van der Waals surface area contributed by atoms with E-state index in [9.17, 15) is 13.2 Å². The summed E-state index contributed by atoms with van der Waals surface area (Å²) in [6.45, 7) is 5.23. The molecule has 0 aliphatic heterocycles. The van der Waals surface area contributed by atoms with Crippen LogP contribution in [0.1, 0.15) is 23.6 Å². The van der Waals surface area contributed by atoms with Gasteiger partial charge in [0.1, 0.15) is 6.54 Å². The first-order chi connectivity index (χ1) is 12.2. The number of hydrazone groups is 1. The molecule has 7 heteroatoms. The Kier molecular flexibility index (Phi) is 6.15. The Hall–Kier alpha value is -2.67. The Labute approximate surface area is 154 Å². The van der Waals surface area contributed by atoms with Crippen LogP contribution in [0.3, 0.4) is 0 Å². The molecule has 26 heavy (non-hydrogen) atoms. The number of benzene rings is 2. The van der Waals surface area contributed by atoms with E-state index in [1.165, 1.54) is 0 Å². The molecule has 0 fully saturated rings. The summed E-state index contributed by atoms with van der Waals surface area (Å²) in [6, 6.07) is 14.8. The second-order valence-electron chi connectivity index (χ2n) is 6.15. The molecule has 2 rings (SSSR count). The molecule has 0 spiro atoms. The SMILES string of the molecule is C/C(=N/NC(=O)CN(c1ccccc1C)S(C)(=O)=O)c1ccc(C)cc1. The van der Waals surface area contributed by atoms with Gasteiger partial charge in [-0.2, -0.15) is 5.10 Å². The molecule has 0 aliphatic rings. The molecule has 0 bridgehead atoms. The normalized spacial score (nSPS) is 11.9. The van der Waals surface area contributed by atoms with Gasteiger partial charge in [0.25, 0.3) is 5.91 Å². The van der Waals surface area contributed by atoms with Crippen molar-refractivity contribution in [3.63, 3.8) is 0 Å². The highest BCUT2D eigenvalue weighted by Gasteiger charge is 2.22. The number of carbonyl (C=O) groups is 1. The van der Waals surface area contributed by atoms with Crippen LogP contribution in [0, 0.1) is 13.8 Å². The predicted molar refractivity (Wildman–Crippen MR) is 105 cm³/mol. The summed E-state index contributed by atoms with van der Waals surface area (Å²) in [7, 11) is -3.61. The summed E-state index contributed by atoms with van der Waals surface area (Å²) < 4.78 is 25.3. The lowest BCUT2D eigenvalue weighted by Crippen LogP contribution is -2.39. The average Bonchev–Trinajstić information content (AvgIpc) is 2.58. The predicted octanol–water partition coefficient (Wildman–Crippen LogP) is 2.61. The van der Waals surface area contributed by atoms with Crippen molar-refractivity contribution in [3.8, 4) is 0 Å². The first-order valence-electron chi connectivity index (χ1n) is 8.12. The van der Waals surface area contributed by atoms with Crippen LogP contribution in [-0.4, -0.2) is 32.8 Å². The number of sulfonamides is 1. The fourth-order valence-corrected chi connectivity index (χ4v) is 3.31. The van der Waals surface area contributed by atoms with Crippen molar-refractivity contribution in [2.45, 2.75) is 20.8 Å². The Morgan fingerprint density at radius 1 is 1.08 bits per heavy atom. The van der Waals surface area contributed by atoms with E-state index in [2.05, 4.69) is 10.5 Å². The smallest absolute Gasteiger partial charge is 0.260 e. The largest absolute Gasteiger partial charge is 0.271 e. The van der Waals surface area contributed by atoms with E-state index in [-0.39, 0.29) is 6.54 Å². The number of nitrogens with zero attached hydrogens (tertiary/aromatic N) is 2. The number of rotatable bonds is 6. The molecule has 0 aliphatic carbocycles. The monoisotopic (exact) mass is 373 g/mol. The summed E-state index contributed by atoms with van der Waals surface area (Å²) in [5.74, 6) is -0.509. The standard InChI is InChI=1S/C19H23N3O3S/c1-14-9-11-17(12-10-14)16(3)20-21-19(23)13-22(26(4,24)25)18-8-6-5-7-15(18)2/h5-12H,13H2,1-4H3,(H,21,23)/b20-16-. The molecule has 2 aromatic rings. The molecule has 0 heterocycles. The van der Waals surface area contributed by atoms with Crippen molar-refractivity contribution in [2.24, 2.45) is 5.10 Å². The van der Waals surface area contributed by atoms with E-state index in [1.807, 2.05) is 37.3 Å². The number of carbonyl (C=O) groups excluding carboxylic acids is 1. The fourth-order valence-electron chi connectivity index (χ4n) is 2.40. The Morgan fingerprint density at radius 2 is 1.69 bits per heavy atom. The van der Waals surface area contributed by atoms with Crippen LogP contribution in [-0.2, 0) is 14.8 Å².